The number of aliphatic hydroxyl groups is 1. The second-order valence-electron chi connectivity index (χ2n) is 7.21. The van der Waals surface area contributed by atoms with Crippen LogP contribution in [0.15, 0.2) is 42.5 Å². The number of rotatable bonds is 8. The fourth-order valence-electron chi connectivity index (χ4n) is 3.33. The Morgan fingerprint density at radius 1 is 0.968 bits per heavy atom. The fourth-order valence-corrected chi connectivity index (χ4v) is 3.52. The molecule has 0 aromatic heterocycles. The minimum atomic E-state index is -0.586. The van der Waals surface area contributed by atoms with E-state index in [1.54, 1.807) is 18.2 Å². The van der Waals surface area contributed by atoms with Gasteiger partial charge in [-0.25, -0.2) is 0 Å². The normalized spacial score (nSPS) is 15.0. The van der Waals surface area contributed by atoms with Gasteiger partial charge in [0.15, 0.2) is 0 Å². The summed E-state index contributed by atoms with van der Waals surface area (Å²) in [5.74, 6) is 1.74. The average molecular weight is 515 g/mol. The molecule has 0 bridgehead atoms. The van der Waals surface area contributed by atoms with Crippen LogP contribution < -0.4 is 20.9 Å². The standard InChI is InChI=1S/C21H28ClN3O3.3ClH/c22-17-4-1-2-6-19(17)27-13-15-8-10-25(11-9-15)12-16(26)14-28-20-7-3-5-18(23)21(20)24;;;/h1-7,15-16,26H,8-14,23-24H2;3*1H. The van der Waals surface area contributed by atoms with Crippen molar-refractivity contribution in [3.05, 3.63) is 47.5 Å². The van der Waals surface area contributed by atoms with Gasteiger partial charge < -0.3 is 30.9 Å². The first-order valence-electron chi connectivity index (χ1n) is 9.57. The fraction of sp³-hybridized carbons (Fsp3) is 0.429. The van der Waals surface area contributed by atoms with Gasteiger partial charge in [0.2, 0.25) is 0 Å². The molecule has 0 aliphatic carbocycles. The number of halogens is 4. The number of anilines is 2. The van der Waals surface area contributed by atoms with Crippen LogP contribution in [0.4, 0.5) is 11.4 Å². The maximum Gasteiger partial charge on any atom is 0.144 e. The molecule has 6 nitrogen and oxygen atoms in total. The molecule has 0 radical (unpaired) electrons. The number of likely N-dealkylation sites (tertiary alicyclic amines) is 1. The van der Waals surface area contributed by atoms with E-state index in [2.05, 4.69) is 4.90 Å². The summed E-state index contributed by atoms with van der Waals surface area (Å²) in [7, 11) is 0. The zero-order valence-corrected chi connectivity index (χ0v) is 20.3. The van der Waals surface area contributed by atoms with Crippen LogP contribution in [0.3, 0.4) is 0 Å². The Hall–Kier alpha value is -1.28. The summed E-state index contributed by atoms with van der Waals surface area (Å²) in [6, 6.07) is 12.8. The van der Waals surface area contributed by atoms with Crippen LogP contribution in [0.1, 0.15) is 12.8 Å². The summed E-state index contributed by atoms with van der Waals surface area (Å²) in [5, 5.41) is 10.9. The average Bonchev–Trinajstić information content (AvgIpc) is 2.69. The van der Waals surface area contributed by atoms with Gasteiger partial charge in [0.1, 0.15) is 24.2 Å². The van der Waals surface area contributed by atoms with Crippen molar-refractivity contribution in [2.24, 2.45) is 5.92 Å². The van der Waals surface area contributed by atoms with E-state index in [-0.39, 0.29) is 43.8 Å². The van der Waals surface area contributed by atoms with E-state index in [4.69, 9.17) is 32.5 Å². The predicted octanol–water partition coefficient (Wildman–Crippen LogP) is 4.30. The minimum Gasteiger partial charge on any atom is -0.492 e. The molecule has 176 valence electrons. The number of nitrogens with zero attached hydrogens (tertiary/aromatic N) is 1. The van der Waals surface area contributed by atoms with Crippen LogP contribution in [-0.2, 0) is 0 Å². The van der Waals surface area contributed by atoms with Crippen LogP contribution in [0.5, 0.6) is 11.5 Å². The van der Waals surface area contributed by atoms with E-state index in [1.807, 2.05) is 24.3 Å². The highest BCUT2D eigenvalue weighted by atomic mass is 35.5. The Morgan fingerprint density at radius 3 is 2.29 bits per heavy atom. The molecule has 31 heavy (non-hydrogen) atoms. The van der Waals surface area contributed by atoms with Crippen LogP contribution in [-0.4, -0.2) is 49.0 Å². The van der Waals surface area contributed by atoms with Crippen molar-refractivity contribution in [2.45, 2.75) is 18.9 Å². The van der Waals surface area contributed by atoms with Crippen molar-refractivity contribution >= 4 is 60.2 Å². The molecule has 3 rings (SSSR count). The van der Waals surface area contributed by atoms with Crippen LogP contribution in [0.25, 0.3) is 0 Å². The quantitative estimate of drug-likeness (QED) is 0.454. The number of piperidine rings is 1. The van der Waals surface area contributed by atoms with Gasteiger partial charge in [0.25, 0.3) is 0 Å². The lowest BCUT2D eigenvalue weighted by Gasteiger charge is -2.33. The molecule has 0 amide bonds. The molecule has 1 aliphatic rings. The summed E-state index contributed by atoms with van der Waals surface area (Å²) in [6.45, 7) is 3.27. The number of nitrogen functional groups attached to an aromatic ring is 2. The van der Waals surface area contributed by atoms with Crippen molar-refractivity contribution in [3.63, 3.8) is 0 Å². The number of nitrogens with two attached hydrogens (primary N) is 2. The largest absolute Gasteiger partial charge is 0.492 e. The number of hydrogen-bond donors (Lipinski definition) is 3. The molecule has 1 fully saturated rings. The first-order valence-corrected chi connectivity index (χ1v) is 9.95. The smallest absolute Gasteiger partial charge is 0.144 e. The van der Waals surface area contributed by atoms with Crippen LogP contribution in [0, 0.1) is 5.92 Å². The van der Waals surface area contributed by atoms with Gasteiger partial charge in [-0.2, -0.15) is 0 Å². The Morgan fingerprint density at radius 2 is 1.61 bits per heavy atom. The van der Waals surface area contributed by atoms with E-state index in [9.17, 15) is 5.11 Å². The molecular weight excluding hydrogens is 484 g/mol. The Balaban J connectivity index is 0.00000300. The van der Waals surface area contributed by atoms with Gasteiger partial charge in [-0.1, -0.05) is 29.8 Å². The van der Waals surface area contributed by atoms with E-state index >= 15 is 0 Å². The van der Waals surface area contributed by atoms with Crippen molar-refractivity contribution in [2.75, 3.05) is 44.3 Å². The van der Waals surface area contributed by atoms with E-state index < -0.39 is 6.10 Å². The molecule has 1 saturated heterocycles. The lowest BCUT2D eigenvalue weighted by atomic mass is 9.97. The van der Waals surface area contributed by atoms with Gasteiger partial charge in [-0.05, 0) is 56.1 Å². The van der Waals surface area contributed by atoms with Gasteiger partial charge in [0, 0.05) is 6.54 Å². The lowest BCUT2D eigenvalue weighted by molar-refractivity contribution is 0.0505. The van der Waals surface area contributed by atoms with Crippen LogP contribution >= 0.6 is 48.8 Å². The van der Waals surface area contributed by atoms with E-state index in [0.29, 0.717) is 41.2 Å². The van der Waals surface area contributed by atoms with Crippen molar-refractivity contribution in [3.8, 4) is 11.5 Å². The van der Waals surface area contributed by atoms with Crippen molar-refractivity contribution in [1.29, 1.82) is 0 Å². The maximum atomic E-state index is 10.3. The summed E-state index contributed by atoms with van der Waals surface area (Å²) in [6.07, 6.45) is 1.47. The molecule has 1 atom stereocenters. The molecular formula is C21H31Cl4N3O3. The molecule has 0 spiro atoms. The molecule has 2 aromatic carbocycles. The number of hydrogen-bond acceptors (Lipinski definition) is 6. The zero-order valence-electron chi connectivity index (χ0n) is 17.1. The van der Waals surface area contributed by atoms with E-state index in [1.165, 1.54) is 0 Å². The predicted molar refractivity (Wildman–Crippen MR) is 135 cm³/mol. The van der Waals surface area contributed by atoms with Gasteiger partial charge >= 0.3 is 0 Å². The number of benzene rings is 2. The van der Waals surface area contributed by atoms with Crippen LogP contribution in [0.2, 0.25) is 5.02 Å². The van der Waals surface area contributed by atoms with Gasteiger partial charge in [-0.15, -0.1) is 37.2 Å². The highest BCUT2D eigenvalue weighted by molar-refractivity contribution is 6.32. The Bertz CT molecular complexity index is 777. The Labute approximate surface area is 207 Å². The number of aliphatic hydroxyl groups excluding tert-OH is 1. The number of para-hydroxylation sites is 2. The second kappa shape index (κ2) is 14.7. The minimum absolute atomic E-state index is 0. The van der Waals surface area contributed by atoms with Crippen molar-refractivity contribution < 1.29 is 14.6 Å². The Kier molecular flexibility index (Phi) is 14.1. The summed E-state index contributed by atoms with van der Waals surface area (Å²) >= 11 is 6.13. The van der Waals surface area contributed by atoms with Gasteiger partial charge in [-0.3, -0.25) is 0 Å². The second-order valence-corrected chi connectivity index (χ2v) is 7.62. The molecule has 0 saturated carbocycles. The molecule has 1 heterocycles. The first-order chi connectivity index (χ1) is 13.5. The molecule has 1 aliphatic heterocycles. The monoisotopic (exact) mass is 513 g/mol. The summed E-state index contributed by atoms with van der Waals surface area (Å²) < 4.78 is 11.5. The molecule has 1 unspecified atom stereocenters. The van der Waals surface area contributed by atoms with E-state index in [0.717, 1.165) is 31.7 Å². The molecule has 5 N–H and O–H groups in total. The zero-order chi connectivity index (χ0) is 19.9. The summed E-state index contributed by atoms with van der Waals surface area (Å²) in [4.78, 5) is 2.25. The highest BCUT2D eigenvalue weighted by Gasteiger charge is 2.22. The molecule has 10 heteroatoms. The molecule has 2 aromatic rings. The first kappa shape index (κ1) is 29.7. The number of β-amino-alcohol motifs (C(OH)–C–C–N with tert-alkyl or cyclic N) is 1. The third kappa shape index (κ3) is 9.00. The SMILES string of the molecule is Cl.Cl.Cl.Nc1cccc(OCC(O)CN2CCC(COc3ccccc3Cl)CC2)c1N. The third-order valence-corrected chi connectivity index (χ3v) is 5.33. The highest BCUT2D eigenvalue weighted by Crippen LogP contribution is 2.27. The van der Waals surface area contributed by atoms with Crippen molar-refractivity contribution in [1.82, 2.24) is 4.90 Å². The lowest BCUT2D eigenvalue weighted by Crippen LogP contribution is -2.41. The number of ether oxygens (including phenoxy) is 2. The van der Waals surface area contributed by atoms with Gasteiger partial charge in [0.05, 0.1) is 23.0 Å². The topological polar surface area (TPSA) is 94.0 Å². The summed E-state index contributed by atoms with van der Waals surface area (Å²) in [5.41, 5.74) is 12.5. The maximum absolute atomic E-state index is 10.3. The third-order valence-electron chi connectivity index (χ3n) is 5.02.